The van der Waals surface area contributed by atoms with Crippen LogP contribution in [-0.2, 0) is 9.53 Å². The molecule has 1 heterocycles. The molecule has 0 aliphatic heterocycles. The molecule has 0 aliphatic rings. The van der Waals surface area contributed by atoms with E-state index in [1.54, 1.807) is 0 Å². The second-order valence-electron chi connectivity index (χ2n) is 4.42. The smallest absolute Gasteiger partial charge is 0.376 e. The Kier molecular flexibility index (Phi) is 5.23. The van der Waals surface area contributed by atoms with Crippen LogP contribution in [0.5, 0.6) is 0 Å². The number of aliphatic carboxylic acids is 1. The summed E-state index contributed by atoms with van der Waals surface area (Å²) in [7, 11) is 1.23. The van der Waals surface area contributed by atoms with Gasteiger partial charge in [-0.15, -0.1) is 0 Å². The number of hydrogen-bond donors (Lipinski definition) is 2. The number of esters is 1. The molecule has 0 bridgehead atoms. The first kappa shape index (κ1) is 14.9. The lowest BCUT2D eigenvalue weighted by atomic mass is 10.0. The zero-order valence-corrected chi connectivity index (χ0v) is 11.1. The molecule has 0 saturated carbocycles. The number of carboxylic acids is 1. The molecule has 0 fully saturated rings. The van der Waals surface area contributed by atoms with E-state index in [0.717, 1.165) is 0 Å². The van der Waals surface area contributed by atoms with Gasteiger partial charge in [-0.3, -0.25) is 0 Å². The summed E-state index contributed by atoms with van der Waals surface area (Å²) in [6, 6.07) is 0.739. The molecular formula is C12H17N3O4. The van der Waals surface area contributed by atoms with Gasteiger partial charge in [-0.2, -0.15) is 0 Å². The molecule has 1 rings (SSSR count). The van der Waals surface area contributed by atoms with Crippen LogP contribution in [0.2, 0.25) is 0 Å². The lowest BCUT2D eigenvalue weighted by Gasteiger charge is -2.16. The largest absolute Gasteiger partial charge is 0.480 e. The van der Waals surface area contributed by atoms with Gasteiger partial charge in [0.25, 0.3) is 0 Å². The number of hydrogen-bond acceptors (Lipinski definition) is 6. The van der Waals surface area contributed by atoms with Crippen molar-refractivity contribution < 1.29 is 19.4 Å². The number of methoxy groups -OCH3 is 1. The fraction of sp³-hybridized carbons (Fsp3) is 0.500. The summed E-state index contributed by atoms with van der Waals surface area (Å²) in [5, 5.41) is 11.9. The van der Waals surface area contributed by atoms with E-state index in [4.69, 9.17) is 5.11 Å². The fourth-order valence-corrected chi connectivity index (χ4v) is 1.50. The minimum absolute atomic E-state index is 0.110. The second kappa shape index (κ2) is 6.67. The van der Waals surface area contributed by atoms with E-state index in [-0.39, 0.29) is 17.6 Å². The summed E-state index contributed by atoms with van der Waals surface area (Å²) in [6.45, 7) is 3.86. The molecule has 19 heavy (non-hydrogen) atoms. The molecule has 2 N–H and O–H groups in total. The minimum Gasteiger partial charge on any atom is -0.480 e. The predicted molar refractivity (Wildman–Crippen MR) is 67.9 cm³/mol. The third kappa shape index (κ3) is 4.53. The highest BCUT2D eigenvalue weighted by Gasteiger charge is 2.20. The Morgan fingerprint density at radius 2 is 2.16 bits per heavy atom. The van der Waals surface area contributed by atoms with E-state index in [9.17, 15) is 9.59 Å². The molecule has 0 spiro atoms. The zero-order chi connectivity index (χ0) is 14.4. The Balaban J connectivity index is 2.84. The van der Waals surface area contributed by atoms with Crippen molar-refractivity contribution in [3.63, 3.8) is 0 Å². The van der Waals surface area contributed by atoms with Crippen LogP contribution in [0.3, 0.4) is 0 Å². The standard InChI is InChI=1S/C12H17N3O4/c1-7(2)6-8(11(16)17)14-9-4-5-13-10(15-9)12(18)19-3/h4-5,7-8H,6H2,1-3H3,(H,16,17)(H,13,14,15). The van der Waals surface area contributed by atoms with Crippen LogP contribution in [0, 0.1) is 5.92 Å². The maximum absolute atomic E-state index is 11.3. The number of anilines is 1. The molecule has 1 aromatic rings. The third-order valence-electron chi connectivity index (χ3n) is 2.35. The average molecular weight is 267 g/mol. The highest BCUT2D eigenvalue weighted by atomic mass is 16.5. The molecule has 1 unspecified atom stereocenters. The molecule has 0 radical (unpaired) electrons. The van der Waals surface area contributed by atoms with Crippen molar-refractivity contribution in [2.75, 3.05) is 12.4 Å². The van der Waals surface area contributed by atoms with Crippen LogP contribution in [0.4, 0.5) is 5.82 Å². The van der Waals surface area contributed by atoms with Gasteiger partial charge in [-0.1, -0.05) is 13.8 Å². The highest BCUT2D eigenvalue weighted by molar-refractivity contribution is 5.85. The quantitative estimate of drug-likeness (QED) is 0.746. The van der Waals surface area contributed by atoms with Crippen molar-refractivity contribution in [1.82, 2.24) is 9.97 Å². The van der Waals surface area contributed by atoms with Crippen molar-refractivity contribution in [2.45, 2.75) is 26.3 Å². The Bertz CT molecular complexity index is 462. The third-order valence-corrected chi connectivity index (χ3v) is 2.35. The second-order valence-corrected chi connectivity index (χ2v) is 4.42. The molecule has 104 valence electrons. The first-order valence-electron chi connectivity index (χ1n) is 5.84. The molecule has 0 aromatic carbocycles. The lowest BCUT2D eigenvalue weighted by Crippen LogP contribution is -2.31. The first-order valence-corrected chi connectivity index (χ1v) is 5.84. The molecule has 0 saturated heterocycles. The van der Waals surface area contributed by atoms with Gasteiger partial charge < -0.3 is 15.2 Å². The maximum Gasteiger partial charge on any atom is 0.376 e. The monoisotopic (exact) mass is 267 g/mol. The number of nitrogens with zero attached hydrogens (tertiary/aromatic N) is 2. The number of carbonyl (C=O) groups is 2. The molecule has 0 aliphatic carbocycles. The number of aromatic nitrogens is 2. The van der Waals surface area contributed by atoms with Gasteiger partial charge in [0.1, 0.15) is 11.9 Å². The normalized spacial score (nSPS) is 12.0. The van der Waals surface area contributed by atoms with E-state index < -0.39 is 18.0 Å². The summed E-state index contributed by atoms with van der Waals surface area (Å²) < 4.78 is 4.50. The van der Waals surface area contributed by atoms with Crippen LogP contribution in [0.25, 0.3) is 0 Å². The van der Waals surface area contributed by atoms with Crippen molar-refractivity contribution in [3.8, 4) is 0 Å². The van der Waals surface area contributed by atoms with Gasteiger partial charge in [0, 0.05) is 6.20 Å². The topological polar surface area (TPSA) is 101 Å². The Hall–Kier alpha value is -2.18. The number of nitrogens with one attached hydrogen (secondary N) is 1. The SMILES string of the molecule is COC(=O)c1nccc(NC(CC(C)C)C(=O)O)n1. The summed E-state index contributed by atoms with van der Waals surface area (Å²) in [5.74, 6) is -1.24. The Morgan fingerprint density at radius 3 is 2.68 bits per heavy atom. The van der Waals surface area contributed by atoms with Crippen molar-refractivity contribution >= 4 is 17.8 Å². The highest BCUT2D eigenvalue weighted by Crippen LogP contribution is 2.11. The summed E-state index contributed by atoms with van der Waals surface area (Å²) in [5.41, 5.74) is 0. The minimum atomic E-state index is -0.966. The van der Waals surface area contributed by atoms with Crippen LogP contribution in [0.1, 0.15) is 30.9 Å². The van der Waals surface area contributed by atoms with Crippen LogP contribution >= 0.6 is 0 Å². The molecule has 1 aromatic heterocycles. The summed E-state index contributed by atoms with van der Waals surface area (Å²) in [4.78, 5) is 30.1. The zero-order valence-electron chi connectivity index (χ0n) is 11.1. The van der Waals surface area contributed by atoms with E-state index >= 15 is 0 Å². The molecule has 7 nitrogen and oxygen atoms in total. The molecule has 0 amide bonds. The predicted octanol–water partition coefficient (Wildman–Crippen LogP) is 1.17. The number of carbonyl (C=O) groups excluding carboxylic acids is 1. The van der Waals surface area contributed by atoms with Gasteiger partial charge >= 0.3 is 11.9 Å². The van der Waals surface area contributed by atoms with Crippen molar-refractivity contribution in [2.24, 2.45) is 5.92 Å². The van der Waals surface area contributed by atoms with E-state index in [0.29, 0.717) is 6.42 Å². The van der Waals surface area contributed by atoms with Gasteiger partial charge in [0.15, 0.2) is 0 Å². The van der Waals surface area contributed by atoms with Crippen molar-refractivity contribution in [1.29, 1.82) is 0 Å². The summed E-state index contributed by atoms with van der Waals surface area (Å²) in [6.07, 6.45) is 1.82. The maximum atomic E-state index is 11.3. The van der Waals surface area contributed by atoms with Crippen LogP contribution < -0.4 is 5.32 Å². The van der Waals surface area contributed by atoms with E-state index in [2.05, 4.69) is 20.0 Å². The lowest BCUT2D eigenvalue weighted by molar-refractivity contribution is -0.138. The van der Waals surface area contributed by atoms with Gasteiger partial charge in [0.2, 0.25) is 5.82 Å². The Labute approximate surface area is 111 Å². The van der Waals surface area contributed by atoms with Crippen LogP contribution in [0.15, 0.2) is 12.3 Å². The molecular weight excluding hydrogens is 250 g/mol. The van der Waals surface area contributed by atoms with E-state index in [1.807, 2.05) is 13.8 Å². The average Bonchev–Trinajstić information content (AvgIpc) is 2.36. The fourth-order valence-electron chi connectivity index (χ4n) is 1.50. The number of ether oxygens (including phenoxy) is 1. The molecule has 7 heteroatoms. The van der Waals surface area contributed by atoms with Gasteiger partial charge in [0.05, 0.1) is 7.11 Å². The van der Waals surface area contributed by atoms with Crippen molar-refractivity contribution in [3.05, 3.63) is 18.1 Å². The first-order chi connectivity index (χ1) is 8.93. The van der Waals surface area contributed by atoms with Gasteiger partial charge in [-0.05, 0) is 18.4 Å². The van der Waals surface area contributed by atoms with E-state index in [1.165, 1.54) is 19.4 Å². The Morgan fingerprint density at radius 1 is 1.47 bits per heavy atom. The number of rotatable bonds is 6. The number of carboxylic acid groups (broad SMARTS) is 1. The summed E-state index contributed by atoms with van der Waals surface area (Å²) >= 11 is 0. The van der Waals surface area contributed by atoms with Crippen LogP contribution in [-0.4, -0.2) is 40.2 Å². The molecule has 1 atom stereocenters. The van der Waals surface area contributed by atoms with Gasteiger partial charge in [-0.25, -0.2) is 19.6 Å².